The summed E-state index contributed by atoms with van der Waals surface area (Å²) in [7, 11) is 1.62. The molecule has 0 unspecified atom stereocenters. The van der Waals surface area contributed by atoms with Gasteiger partial charge in [-0.3, -0.25) is 4.79 Å². The molecule has 0 saturated carbocycles. The third-order valence-corrected chi connectivity index (χ3v) is 2.43. The van der Waals surface area contributed by atoms with E-state index in [0.29, 0.717) is 13.0 Å². The first-order valence-corrected chi connectivity index (χ1v) is 5.97. The Bertz CT molecular complexity index is 385. The Morgan fingerprint density at radius 3 is 2.67 bits per heavy atom. The summed E-state index contributed by atoms with van der Waals surface area (Å²) in [5, 5.41) is 11.3. The van der Waals surface area contributed by atoms with Crippen LogP contribution in [0.15, 0.2) is 30.3 Å². The topological polar surface area (TPSA) is 58.6 Å². The maximum atomic E-state index is 11.4. The molecular formula is C14H19NO3. The Hall–Kier alpha value is -1.81. The highest BCUT2D eigenvalue weighted by Gasteiger charge is 1.95. The first-order chi connectivity index (χ1) is 8.76. The molecule has 1 amide bonds. The minimum absolute atomic E-state index is 0.122. The number of carbonyl (C=O) groups excluding carboxylic acids is 1. The lowest BCUT2D eigenvalue weighted by atomic mass is 10.2. The molecule has 18 heavy (non-hydrogen) atoms. The first-order valence-electron chi connectivity index (χ1n) is 5.97. The zero-order valence-corrected chi connectivity index (χ0v) is 10.6. The number of amides is 1. The average molecular weight is 249 g/mol. The predicted molar refractivity (Wildman–Crippen MR) is 71.4 cm³/mol. The second-order valence-corrected chi connectivity index (χ2v) is 3.83. The van der Waals surface area contributed by atoms with Crippen LogP contribution in [0.2, 0.25) is 0 Å². The van der Waals surface area contributed by atoms with Crippen molar-refractivity contribution in [3.05, 3.63) is 35.9 Å². The number of benzene rings is 1. The van der Waals surface area contributed by atoms with Crippen molar-refractivity contribution >= 4 is 12.0 Å². The van der Waals surface area contributed by atoms with Crippen molar-refractivity contribution in [3.63, 3.8) is 0 Å². The van der Waals surface area contributed by atoms with Gasteiger partial charge in [0.15, 0.2) is 0 Å². The Balaban J connectivity index is 2.35. The second-order valence-electron chi connectivity index (χ2n) is 3.83. The third-order valence-electron chi connectivity index (χ3n) is 2.43. The van der Waals surface area contributed by atoms with Crippen LogP contribution < -0.4 is 10.1 Å². The van der Waals surface area contributed by atoms with E-state index in [4.69, 9.17) is 9.84 Å². The summed E-state index contributed by atoms with van der Waals surface area (Å²) in [6.07, 6.45) is 4.75. The number of hydrogen-bond acceptors (Lipinski definition) is 3. The number of methoxy groups -OCH3 is 1. The molecule has 0 aliphatic heterocycles. The largest absolute Gasteiger partial charge is 0.497 e. The van der Waals surface area contributed by atoms with E-state index in [1.807, 2.05) is 24.3 Å². The quantitative estimate of drug-likeness (QED) is 0.570. The summed E-state index contributed by atoms with van der Waals surface area (Å²) in [5.41, 5.74) is 0.946. The molecule has 4 nitrogen and oxygen atoms in total. The number of aliphatic hydroxyl groups is 1. The molecule has 0 spiro atoms. The van der Waals surface area contributed by atoms with Crippen LogP contribution in [-0.2, 0) is 4.79 Å². The number of nitrogens with one attached hydrogen (secondary N) is 1. The molecule has 0 heterocycles. The summed E-state index contributed by atoms with van der Waals surface area (Å²) in [4.78, 5) is 11.4. The zero-order chi connectivity index (χ0) is 13.2. The number of hydrogen-bond donors (Lipinski definition) is 2. The van der Waals surface area contributed by atoms with E-state index >= 15 is 0 Å². The molecule has 2 N–H and O–H groups in total. The molecule has 0 saturated heterocycles. The van der Waals surface area contributed by atoms with E-state index in [-0.39, 0.29) is 12.5 Å². The summed E-state index contributed by atoms with van der Waals surface area (Å²) >= 11 is 0. The smallest absolute Gasteiger partial charge is 0.243 e. The molecule has 0 bridgehead atoms. The Labute approximate surface area is 107 Å². The maximum absolute atomic E-state index is 11.4. The average Bonchev–Trinajstić information content (AvgIpc) is 2.42. The van der Waals surface area contributed by atoms with Gasteiger partial charge in [-0.1, -0.05) is 12.1 Å². The van der Waals surface area contributed by atoms with E-state index in [0.717, 1.165) is 17.7 Å². The monoisotopic (exact) mass is 249 g/mol. The minimum Gasteiger partial charge on any atom is -0.497 e. The number of carbonyl (C=O) groups is 1. The van der Waals surface area contributed by atoms with Gasteiger partial charge in [-0.25, -0.2) is 0 Å². The van der Waals surface area contributed by atoms with Crippen molar-refractivity contribution < 1.29 is 14.6 Å². The highest BCUT2D eigenvalue weighted by Crippen LogP contribution is 2.12. The van der Waals surface area contributed by atoms with Crippen molar-refractivity contribution in [2.75, 3.05) is 20.3 Å². The van der Waals surface area contributed by atoms with Crippen molar-refractivity contribution in [2.24, 2.45) is 0 Å². The molecule has 4 heteroatoms. The normalized spacial score (nSPS) is 10.6. The SMILES string of the molecule is COc1ccc(/C=C/C(=O)NCCCCO)cc1. The molecule has 1 rings (SSSR count). The maximum Gasteiger partial charge on any atom is 0.243 e. The Morgan fingerprint density at radius 2 is 2.06 bits per heavy atom. The van der Waals surface area contributed by atoms with Crippen LogP contribution >= 0.6 is 0 Å². The standard InChI is InChI=1S/C14H19NO3/c1-18-13-7-4-12(5-8-13)6-9-14(17)15-10-2-3-11-16/h4-9,16H,2-3,10-11H2,1H3,(H,15,17)/b9-6+. The fraction of sp³-hybridized carbons (Fsp3) is 0.357. The second kappa shape index (κ2) is 8.31. The summed E-state index contributed by atoms with van der Waals surface area (Å²) in [6.45, 7) is 0.754. The zero-order valence-electron chi connectivity index (χ0n) is 10.6. The fourth-order valence-corrected chi connectivity index (χ4v) is 1.39. The van der Waals surface area contributed by atoms with Gasteiger partial charge in [-0.2, -0.15) is 0 Å². The Kier molecular flexibility index (Phi) is 6.58. The molecule has 0 radical (unpaired) electrons. The molecule has 0 fully saturated rings. The highest BCUT2D eigenvalue weighted by molar-refractivity contribution is 5.91. The van der Waals surface area contributed by atoms with Gasteiger partial charge >= 0.3 is 0 Å². The number of unbranched alkanes of at least 4 members (excludes halogenated alkanes) is 1. The molecule has 1 aromatic carbocycles. The van der Waals surface area contributed by atoms with E-state index in [2.05, 4.69) is 5.32 Å². The van der Waals surface area contributed by atoms with Gasteiger partial charge in [0.05, 0.1) is 7.11 Å². The molecule has 0 aromatic heterocycles. The van der Waals surface area contributed by atoms with Crippen molar-refractivity contribution in [3.8, 4) is 5.75 Å². The van der Waals surface area contributed by atoms with Crippen LogP contribution in [0.1, 0.15) is 18.4 Å². The van der Waals surface area contributed by atoms with Crippen LogP contribution in [0.25, 0.3) is 6.08 Å². The summed E-state index contributed by atoms with van der Waals surface area (Å²) in [6, 6.07) is 7.46. The van der Waals surface area contributed by atoms with E-state index in [1.165, 1.54) is 6.08 Å². The van der Waals surface area contributed by atoms with E-state index < -0.39 is 0 Å². The minimum atomic E-state index is -0.122. The van der Waals surface area contributed by atoms with Gasteiger partial charge in [0.25, 0.3) is 0 Å². The molecule has 1 aromatic rings. The lowest BCUT2D eigenvalue weighted by molar-refractivity contribution is -0.116. The molecule has 98 valence electrons. The van der Waals surface area contributed by atoms with E-state index in [9.17, 15) is 4.79 Å². The van der Waals surface area contributed by atoms with E-state index in [1.54, 1.807) is 13.2 Å². The van der Waals surface area contributed by atoms with Gasteiger partial charge in [-0.05, 0) is 36.6 Å². The fourth-order valence-electron chi connectivity index (χ4n) is 1.39. The number of rotatable bonds is 7. The molecule has 0 atom stereocenters. The predicted octanol–water partition coefficient (Wildman–Crippen LogP) is 1.60. The van der Waals surface area contributed by atoms with Gasteiger partial charge in [0, 0.05) is 19.2 Å². The molecule has 0 aliphatic rings. The lowest BCUT2D eigenvalue weighted by Crippen LogP contribution is -2.22. The van der Waals surface area contributed by atoms with Gasteiger partial charge < -0.3 is 15.2 Å². The van der Waals surface area contributed by atoms with Crippen LogP contribution in [0, 0.1) is 0 Å². The molecular weight excluding hydrogens is 230 g/mol. The lowest BCUT2D eigenvalue weighted by Gasteiger charge is -2.01. The van der Waals surface area contributed by atoms with Gasteiger partial charge in [0.1, 0.15) is 5.75 Å². The van der Waals surface area contributed by atoms with Crippen LogP contribution in [-0.4, -0.2) is 31.3 Å². The first kappa shape index (κ1) is 14.3. The highest BCUT2D eigenvalue weighted by atomic mass is 16.5. The number of aliphatic hydroxyl groups excluding tert-OH is 1. The molecule has 0 aliphatic carbocycles. The van der Waals surface area contributed by atoms with Crippen LogP contribution in [0.5, 0.6) is 5.75 Å². The van der Waals surface area contributed by atoms with Crippen molar-refractivity contribution in [1.82, 2.24) is 5.32 Å². The number of ether oxygens (including phenoxy) is 1. The summed E-state index contributed by atoms with van der Waals surface area (Å²) < 4.78 is 5.05. The van der Waals surface area contributed by atoms with Crippen LogP contribution in [0.4, 0.5) is 0 Å². The van der Waals surface area contributed by atoms with Crippen molar-refractivity contribution in [1.29, 1.82) is 0 Å². The summed E-state index contributed by atoms with van der Waals surface area (Å²) in [5.74, 6) is 0.671. The van der Waals surface area contributed by atoms with Crippen molar-refractivity contribution in [2.45, 2.75) is 12.8 Å². The van der Waals surface area contributed by atoms with Gasteiger partial charge in [0.2, 0.25) is 5.91 Å². The third kappa shape index (κ3) is 5.50. The van der Waals surface area contributed by atoms with Crippen LogP contribution in [0.3, 0.4) is 0 Å². The van der Waals surface area contributed by atoms with Gasteiger partial charge in [-0.15, -0.1) is 0 Å². The Morgan fingerprint density at radius 1 is 1.33 bits per heavy atom.